The highest BCUT2D eigenvalue weighted by Gasteiger charge is 2.23. The molecule has 0 aromatic heterocycles. The molecule has 1 amide bonds. The number of carboxylic acids is 1. The van der Waals surface area contributed by atoms with E-state index in [-0.39, 0.29) is 11.4 Å². The van der Waals surface area contributed by atoms with Crippen molar-refractivity contribution in [3.8, 4) is 0 Å². The number of hydrogen-bond donors (Lipinski definition) is 2. The fourth-order valence-electron chi connectivity index (χ4n) is 2.02. The lowest BCUT2D eigenvalue weighted by Crippen LogP contribution is -2.21. The average Bonchev–Trinajstić information content (AvgIpc) is 2.50. The molecular weight excluding hydrogens is 325 g/mol. The molecule has 1 atom stereocenters. The summed E-state index contributed by atoms with van der Waals surface area (Å²) in [4.78, 5) is 23.5. The Morgan fingerprint density at radius 1 is 1.05 bits per heavy atom. The summed E-state index contributed by atoms with van der Waals surface area (Å²) < 4.78 is 0. The Morgan fingerprint density at radius 3 is 2.36 bits per heavy atom. The summed E-state index contributed by atoms with van der Waals surface area (Å²) in [5, 5.41) is 12.4. The molecular formula is C16H13Cl2NO3. The van der Waals surface area contributed by atoms with E-state index >= 15 is 0 Å². The number of aliphatic carboxylic acids is 1. The van der Waals surface area contributed by atoms with Crippen LogP contribution in [0.5, 0.6) is 0 Å². The highest BCUT2D eigenvalue weighted by molar-refractivity contribution is 6.44. The van der Waals surface area contributed by atoms with Crippen molar-refractivity contribution in [1.82, 2.24) is 0 Å². The first-order valence-electron chi connectivity index (χ1n) is 6.50. The van der Waals surface area contributed by atoms with E-state index in [4.69, 9.17) is 23.2 Å². The van der Waals surface area contributed by atoms with Crippen LogP contribution in [-0.2, 0) is 9.59 Å². The minimum Gasteiger partial charge on any atom is -0.481 e. The molecule has 0 unspecified atom stereocenters. The van der Waals surface area contributed by atoms with Crippen molar-refractivity contribution in [2.24, 2.45) is 0 Å². The number of rotatable bonds is 5. The van der Waals surface area contributed by atoms with Gasteiger partial charge >= 0.3 is 5.97 Å². The first-order chi connectivity index (χ1) is 10.5. The Kier molecular flexibility index (Phi) is 5.41. The summed E-state index contributed by atoms with van der Waals surface area (Å²) >= 11 is 11.9. The van der Waals surface area contributed by atoms with Gasteiger partial charge in [-0.2, -0.15) is 0 Å². The van der Waals surface area contributed by atoms with Crippen molar-refractivity contribution in [3.05, 3.63) is 64.1 Å². The maximum atomic E-state index is 12.1. The van der Waals surface area contributed by atoms with Crippen LogP contribution >= 0.6 is 23.2 Å². The lowest BCUT2D eigenvalue weighted by Gasteiger charge is -2.13. The van der Waals surface area contributed by atoms with Crippen LogP contribution in [-0.4, -0.2) is 17.0 Å². The largest absolute Gasteiger partial charge is 0.481 e. The zero-order valence-corrected chi connectivity index (χ0v) is 12.9. The molecule has 0 heterocycles. The predicted molar refractivity (Wildman–Crippen MR) is 86.5 cm³/mol. The molecule has 114 valence electrons. The van der Waals surface area contributed by atoms with Crippen LogP contribution in [0.4, 0.5) is 5.69 Å². The van der Waals surface area contributed by atoms with Gasteiger partial charge in [-0.3, -0.25) is 9.59 Å². The first-order valence-corrected chi connectivity index (χ1v) is 7.26. The van der Waals surface area contributed by atoms with E-state index in [0.717, 1.165) is 0 Å². The molecule has 0 bridgehead atoms. The van der Waals surface area contributed by atoms with Gasteiger partial charge in [0.1, 0.15) is 0 Å². The van der Waals surface area contributed by atoms with Gasteiger partial charge in [-0.15, -0.1) is 0 Å². The molecule has 0 aliphatic heterocycles. The van der Waals surface area contributed by atoms with Crippen molar-refractivity contribution in [2.45, 2.75) is 12.3 Å². The number of benzene rings is 2. The van der Waals surface area contributed by atoms with E-state index < -0.39 is 17.8 Å². The standard InChI is InChI=1S/C16H13Cl2NO3/c17-12-7-4-8-13(15(12)18)19-14(20)9-11(16(21)22)10-5-2-1-3-6-10/h1-8,11H,9H2,(H,19,20)(H,21,22)/t11-/m0/s1. The van der Waals surface area contributed by atoms with E-state index in [9.17, 15) is 14.7 Å². The van der Waals surface area contributed by atoms with Gasteiger partial charge in [-0.25, -0.2) is 0 Å². The molecule has 4 nitrogen and oxygen atoms in total. The Labute approximate surface area is 137 Å². The Hall–Kier alpha value is -2.04. The van der Waals surface area contributed by atoms with Gasteiger partial charge in [-0.05, 0) is 17.7 Å². The lowest BCUT2D eigenvalue weighted by atomic mass is 9.95. The molecule has 0 fully saturated rings. The lowest BCUT2D eigenvalue weighted by molar-refractivity contribution is -0.140. The van der Waals surface area contributed by atoms with Gasteiger partial charge in [0, 0.05) is 6.42 Å². The van der Waals surface area contributed by atoms with Gasteiger partial charge < -0.3 is 10.4 Å². The van der Waals surface area contributed by atoms with Crippen LogP contribution in [0, 0.1) is 0 Å². The third kappa shape index (κ3) is 4.00. The van der Waals surface area contributed by atoms with E-state index in [1.54, 1.807) is 48.5 Å². The maximum Gasteiger partial charge on any atom is 0.311 e. The second-order valence-electron chi connectivity index (χ2n) is 4.66. The Balaban J connectivity index is 2.12. The fourth-order valence-corrected chi connectivity index (χ4v) is 2.37. The maximum absolute atomic E-state index is 12.1. The van der Waals surface area contributed by atoms with Crippen LogP contribution in [0.2, 0.25) is 10.0 Å². The fraction of sp³-hybridized carbons (Fsp3) is 0.125. The Morgan fingerprint density at radius 2 is 1.73 bits per heavy atom. The summed E-state index contributed by atoms with van der Waals surface area (Å²) in [7, 11) is 0. The second-order valence-corrected chi connectivity index (χ2v) is 5.44. The van der Waals surface area contributed by atoms with E-state index in [0.29, 0.717) is 16.3 Å². The molecule has 0 spiro atoms. The highest BCUT2D eigenvalue weighted by Crippen LogP contribution is 2.30. The normalized spacial score (nSPS) is 11.7. The molecule has 0 saturated heterocycles. The van der Waals surface area contributed by atoms with Gasteiger partial charge in [-0.1, -0.05) is 59.6 Å². The topological polar surface area (TPSA) is 66.4 Å². The van der Waals surface area contributed by atoms with Gasteiger partial charge in [0.15, 0.2) is 0 Å². The molecule has 0 aliphatic carbocycles. The molecule has 2 aromatic carbocycles. The van der Waals surface area contributed by atoms with Crippen molar-refractivity contribution in [2.75, 3.05) is 5.32 Å². The third-order valence-corrected chi connectivity index (χ3v) is 3.93. The third-order valence-electron chi connectivity index (χ3n) is 3.12. The van der Waals surface area contributed by atoms with Crippen LogP contribution in [0.1, 0.15) is 17.9 Å². The predicted octanol–water partition coefficient (Wildman–Crippen LogP) is 4.19. The van der Waals surface area contributed by atoms with Crippen LogP contribution < -0.4 is 5.32 Å². The minimum atomic E-state index is -1.06. The number of carbonyl (C=O) groups excluding carboxylic acids is 1. The average molecular weight is 338 g/mol. The SMILES string of the molecule is O=C(C[C@H](C(=O)O)c1ccccc1)Nc1cccc(Cl)c1Cl. The van der Waals surface area contributed by atoms with Crippen molar-refractivity contribution in [1.29, 1.82) is 0 Å². The number of carbonyl (C=O) groups is 2. The molecule has 2 rings (SSSR count). The van der Waals surface area contributed by atoms with E-state index in [1.165, 1.54) is 0 Å². The number of amides is 1. The number of nitrogens with one attached hydrogen (secondary N) is 1. The zero-order chi connectivity index (χ0) is 16.1. The van der Waals surface area contributed by atoms with Gasteiger partial charge in [0.05, 0.1) is 21.7 Å². The molecule has 2 aromatic rings. The van der Waals surface area contributed by atoms with Crippen molar-refractivity contribution in [3.63, 3.8) is 0 Å². The van der Waals surface area contributed by atoms with E-state index in [1.807, 2.05) is 0 Å². The molecule has 0 radical (unpaired) electrons. The van der Waals surface area contributed by atoms with E-state index in [2.05, 4.69) is 5.32 Å². The van der Waals surface area contributed by atoms with Crippen molar-refractivity contribution >= 4 is 40.8 Å². The van der Waals surface area contributed by atoms with Crippen LogP contribution in [0.15, 0.2) is 48.5 Å². The zero-order valence-electron chi connectivity index (χ0n) is 11.4. The van der Waals surface area contributed by atoms with Crippen LogP contribution in [0.25, 0.3) is 0 Å². The van der Waals surface area contributed by atoms with Crippen LogP contribution in [0.3, 0.4) is 0 Å². The first kappa shape index (κ1) is 16.3. The number of hydrogen-bond acceptors (Lipinski definition) is 2. The number of halogens is 2. The summed E-state index contributed by atoms with van der Waals surface area (Å²) in [5.74, 6) is -2.42. The molecule has 0 aliphatic rings. The monoisotopic (exact) mass is 337 g/mol. The smallest absolute Gasteiger partial charge is 0.311 e. The van der Waals surface area contributed by atoms with Gasteiger partial charge in [0.2, 0.25) is 5.91 Å². The highest BCUT2D eigenvalue weighted by atomic mass is 35.5. The molecule has 0 saturated carbocycles. The molecule has 6 heteroatoms. The van der Waals surface area contributed by atoms with Crippen molar-refractivity contribution < 1.29 is 14.7 Å². The quantitative estimate of drug-likeness (QED) is 0.859. The summed E-state index contributed by atoms with van der Waals surface area (Å²) in [6.07, 6.45) is -0.192. The summed E-state index contributed by atoms with van der Waals surface area (Å²) in [6.45, 7) is 0. The summed E-state index contributed by atoms with van der Waals surface area (Å²) in [5.41, 5.74) is 0.929. The number of carboxylic acid groups (broad SMARTS) is 1. The second kappa shape index (κ2) is 7.29. The molecule has 2 N–H and O–H groups in total. The van der Waals surface area contributed by atoms with Gasteiger partial charge in [0.25, 0.3) is 0 Å². The molecule has 22 heavy (non-hydrogen) atoms. The Bertz CT molecular complexity index is 689. The number of anilines is 1. The summed E-state index contributed by atoms with van der Waals surface area (Å²) in [6, 6.07) is 13.5. The minimum absolute atomic E-state index is 0.192.